The molecule has 1 heterocycles. The second kappa shape index (κ2) is 8.69. The fraction of sp³-hybridized carbons (Fsp3) is 0.136. The average molecular weight is 372 g/mol. The fourth-order valence-corrected chi connectivity index (χ4v) is 2.55. The number of carbonyl (C=O) groups excluding carboxylic acids is 1. The molecule has 0 amide bonds. The number of hydrogen-bond donors (Lipinski definition) is 2. The van der Waals surface area contributed by atoms with Crippen LogP contribution < -0.4 is 10.6 Å². The summed E-state index contributed by atoms with van der Waals surface area (Å²) in [6, 6.07) is 14.5. The molecular weight excluding hydrogens is 352 g/mol. The molecule has 0 saturated heterocycles. The predicted molar refractivity (Wildman–Crippen MR) is 110 cm³/mol. The Kier molecular flexibility index (Phi) is 5.87. The lowest BCUT2D eigenvalue weighted by Crippen LogP contribution is -2.06. The molecule has 0 radical (unpaired) electrons. The SMILES string of the molecule is C#Cc1ccc(Nc2nccc(Nc3ccc(C(=O)OCC)cc3C)n2)cc1. The Morgan fingerprint density at radius 2 is 1.93 bits per heavy atom. The van der Waals surface area contributed by atoms with Crippen molar-refractivity contribution < 1.29 is 9.53 Å². The molecule has 140 valence electrons. The van der Waals surface area contributed by atoms with E-state index in [0.717, 1.165) is 22.5 Å². The topological polar surface area (TPSA) is 76.1 Å². The Bertz CT molecular complexity index is 1020. The molecule has 0 bridgehead atoms. The monoisotopic (exact) mass is 372 g/mol. The van der Waals surface area contributed by atoms with Crippen molar-refractivity contribution in [1.82, 2.24) is 9.97 Å². The van der Waals surface area contributed by atoms with Gasteiger partial charge in [0.15, 0.2) is 0 Å². The number of aromatic nitrogens is 2. The fourth-order valence-electron chi connectivity index (χ4n) is 2.55. The maximum atomic E-state index is 11.8. The van der Waals surface area contributed by atoms with Gasteiger partial charge < -0.3 is 15.4 Å². The normalized spacial score (nSPS) is 10.0. The lowest BCUT2D eigenvalue weighted by Gasteiger charge is -2.11. The van der Waals surface area contributed by atoms with E-state index < -0.39 is 0 Å². The number of rotatable bonds is 6. The van der Waals surface area contributed by atoms with Crippen LogP contribution >= 0.6 is 0 Å². The number of carbonyl (C=O) groups is 1. The van der Waals surface area contributed by atoms with Gasteiger partial charge in [-0.15, -0.1) is 6.42 Å². The zero-order valence-electron chi connectivity index (χ0n) is 15.7. The molecule has 0 aliphatic rings. The van der Waals surface area contributed by atoms with Crippen LogP contribution in [0.4, 0.5) is 23.1 Å². The van der Waals surface area contributed by atoms with E-state index in [1.54, 1.807) is 31.3 Å². The largest absolute Gasteiger partial charge is 0.462 e. The molecule has 2 N–H and O–H groups in total. The maximum Gasteiger partial charge on any atom is 0.338 e. The number of benzene rings is 2. The molecule has 6 heteroatoms. The van der Waals surface area contributed by atoms with Gasteiger partial charge in [-0.3, -0.25) is 0 Å². The molecule has 0 fully saturated rings. The predicted octanol–water partition coefficient (Wildman–Crippen LogP) is 4.43. The van der Waals surface area contributed by atoms with Crippen molar-refractivity contribution in [1.29, 1.82) is 0 Å². The van der Waals surface area contributed by atoms with Crippen molar-refractivity contribution >= 4 is 29.1 Å². The highest BCUT2D eigenvalue weighted by atomic mass is 16.5. The minimum Gasteiger partial charge on any atom is -0.462 e. The third kappa shape index (κ3) is 4.65. The van der Waals surface area contributed by atoms with Crippen LogP contribution in [0.3, 0.4) is 0 Å². The van der Waals surface area contributed by atoms with Gasteiger partial charge in [-0.1, -0.05) is 5.92 Å². The maximum absolute atomic E-state index is 11.8. The standard InChI is InChI=1S/C22H20N4O2/c1-4-16-6-9-18(10-7-16)24-22-23-13-12-20(26-22)25-19-11-8-17(14-15(19)3)21(27)28-5-2/h1,6-14H,5H2,2-3H3,(H2,23,24,25,26). The number of hydrogen-bond acceptors (Lipinski definition) is 6. The van der Waals surface area contributed by atoms with Crippen LogP contribution in [0.15, 0.2) is 54.7 Å². The highest BCUT2D eigenvalue weighted by molar-refractivity contribution is 5.90. The van der Waals surface area contributed by atoms with E-state index in [0.29, 0.717) is 23.9 Å². The lowest BCUT2D eigenvalue weighted by atomic mass is 10.1. The van der Waals surface area contributed by atoms with E-state index in [9.17, 15) is 4.79 Å². The summed E-state index contributed by atoms with van der Waals surface area (Å²) < 4.78 is 5.03. The molecule has 3 rings (SSSR count). The Labute approximate surface area is 164 Å². The minimum atomic E-state index is -0.332. The van der Waals surface area contributed by atoms with Crippen molar-refractivity contribution in [3.05, 3.63) is 71.4 Å². The summed E-state index contributed by atoms with van der Waals surface area (Å²) >= 11 is 0. The number of terminal acetylenes is 1. The number of esters is 1. The molecule has 0 spiro atoms. The van der Waals surface area contributed by atoms with Gasteiger partial charge in [0.1, 0.15) is 5.82 Å². The van der Waals surface area contributed by atoms with Crippen molar-refractivity contribution in [2.45, 2.75) is 13.8 Å². The molecule has 0 unspecified atom stereocenters. The zero-order valence-corrected chi connectivity index (χ0v) is 15.7. The van der Waals surface area contributed by atoms with Gasteiger partial charge in [0.05, 0.1) is 12.2 Å². The first-order valence-corrected chi connectivity index (χ1v) is 8.80. The first-order chi connectivity index (χ1) is 13.6. The van der Waals surface area contributed by atoms with Crippen LogP contribution in [0.1, 0.15) is 28.4 Å². The van der Waals surface area contributed by atoms with Gasteiger partial charge in [-0.25, -0.2) is 9.78 Å². The number of ether oxygens (including phenoxy) is 1. The van der Waals surface area contributed by atoms with Gasteiger partial charge in [-0.2, -0.15) is 4.98 Å². The number of nitrogens with zero attached hydrogens (tertiary/aromatic N) is 2. The van der Waals surface area contributed by atoms with Crippen LogP contribution in [-0.4, -0.2) is 22.5 Å². The van der Waals surface area contributed by atoms with Crippen molar-refractivity contribution in [2.24, 2.45) is 0 Å². The quantitative estimate of drug-likeness (QED) is 0.492. The third-order valence-electron chi connectivity index (χ3n) is 3.96. The highest BCUT2D eigenvalue weighted by Crippen LogP contribution is 2.22. The Morgan fingerprint density at radius 3 is 2.61 bits per heavy atom. The summed E-state index contributed by atoms with van der Waals surface area (Å²) in [5.74, 6) is 3.33. The molecule has 1 aromatic heterocycles. The molecular formula is C22H20N4O2. The van der Waals surface area contributed by atoms with Crippen LogP contribution in [0.5, 0.6) is 0 Å². The van der Waals surface area contributed by atoms with E-state index >= 15 is 0 Å². The first kappa shape index (κ1) is 18.9. The Balaban J connectivity index is 1.73. The van der Waals surface area contributed by atoms with E-state index in [1.165, 1.54) is 0 Å². The summed E-state index contributed by atoms with van der Waals surface area (Å²) in [6.45, 7) is 4.05. The van der Waals surface area contributed by atoms with Crippen LogP contribution in [0, 0.1) is 19.3 Å². The molecule has 0 aliphatic heterocycles. The Hall–Kier alpha value is -3.85. The summed E-state index contributed by atoms with van der Waals surface area (Å²) in [5, 5.41) is 6.39. The number of nitrogens with one attached hydrogen (secondary N) is 2. The molecule has 28 heavy (non-hydrogen) atoms. The summed E-state index contributed by atoms with van der Waals surface area (Å²) in [6.07, 6.45) is 7.03. The highest BCUT2D eigenvalue weighted by Gasteiger charge is 2.09. The minimum absolute atomic E-state index is 0.332. The molecule has 0 saturated carbocycles. The first-order valence-electron chi connectivity index (χ1n) is 8.80. The van der Waals surface area contributed by atoms with Gasteiger partial charge in [0.2, 0.25) is 5.95 Å². The van der Waals surface area contributed by atoms with Crippen molar-refractivity contribution in [3.63, 3.8) is 0 Å². The average Bonchev–Trinajstić information content (AvgIpc) is 2.70. The van der Waals surface area contributed by atoms with E-state index in [4.69, 9.17) is 11.2 Å². The van der Waals surface area contributed by atoms with Crippen molar-refractivity contribution in [2.75, 3.05) is 17.2 Å². The number of aryl methyl sites for hydroxylation is 1. The van der Waals surface area contributed by atoms with Gasteiger partial charge in [0.25, 0.3) is 0 Å². The lowest BCUT2D eigenvalue weighted by molar-refractivity contribution is 0.0526. The van der Waals surface area contributed by atoms with Crippen LogP contribution in [0.25, 0.3) is 0 Å². The second-order valence-electron chi connectivity index (χ2n) is 5.99. The molecule has 0 aliphatic carbocycles. The van der Waals surface area contributed by atoms with Crippen LogP contribution in [0.2, 0.25) is 0 Å². The molecule has 3 aromatic rings. The smallest absolute Gasteiger partial charge is 0.338 e. The Morgan fingerprint density at radius 1 is 1.14 bits per heavy atom. The molecule has 6 nitrogen and oxygen atoms in total. The third-order valence-corrected chi connectivity index (χ3v) is 3.96. The van der Waals surface area contributed by atoms with Gasteiger partial charge >= 0.3 is 5.97 Å². The number of anilines is 4. The molecule has 0 atom stereocenters. The summed E-state index contributed by atoms with van der Waals surface area (Å²) in [4.78, 5) is 20.5. The summed E-state index contributed by atoms with van der Waals surface area (Å²) in [7, 11) is 0. The summed E-state index contributed by atoms with van der Waals surface area (Å²) in [5.41, 5.74) is 3.92. The van der Waals surface area contributed by atoms with Crippen molar-refractivity contribution in [3.8, 4) is 12.3 Å². The molecule has 2 aromatic carbocycles. The van der Waals surface area contributed by atoms with E-state index in [-0.39, 0.29) is 5.97 Å². The van der Waals surface area contributed by atoms with E-state index in [1.807, 2.05) is 37.3 Å². The van der Waals surface area contributed by atoms with Gasteiger partial charge in [0, 0.05) is 23.1 Å². The van der Waals surface area contributed by atoms with Crippen LogP contribution in [-0.2, 0) is 4.74 Å². The van der Waals surface area contributed by atoms with Gasteiger partial charge in [-0.05, 0) is 67.9 Å². The van der Waals surface area contributed by atoms with E-state index in [2.05, 4.69) is 26.5 Å². The zero-order chi connectivity index (χ0) is 19.9. The second-order valence-corrected chi connectivity index (χ2v) is 5.99.